The first-order chi connectivity index (χ1) is 14.7. The Labute approximate surface area is 187 Å². The minimum absolute atomic E-state index is 0.224. The first-order valence-corrected chi connectivity index (χ1v) is 11.0. The molecule has 1 heterocycles. The number of amides is 1. The summed E-state index contributed by atoms with van der Waals surface area (Å²) >= 11 is 7.10. The van der Waals surface area contributed by atoms with Gasteiger partial charge in [0.2, 0.25) is 5.91 Å². The van der Waals surface area contributed by atoms with Crippen molar-refractivity contribution in [3.05, 3.63) is 63.4 Å². The van der Waals surface area contributed by atoms with E-state index in [-0.39, 0.29) is 5.56 Å². The lowest BCUT2D eigenvalue weighted by Crippen LogP contribution is -2.28. The molecule has 1 N–H and O–H groups in total. The van der Waals surface area contributed by atoms with Crippen molar-refractivity contribution in [3.63, 3.8) is 0 Å². The van der Waals surface area contributed by atoms with E-state index in [4.69, 9.17) is 11.6 Å². The van der Waals surface area contributed by atoms with Gasteiger partial charge in [0.15, 0.2) is 5.16 Å². The van der Waals surface area contributed by atoms with Crippen LogP contribution in [0.25, 0.3) is 10.9 Å². The molecule has 31 heavy (non-hydrogen) atoms. The smallest absolute Gasteiger partial charge is 0.262 e. The maximum absolute atomic E-state index is 13.9. The zero-order chi connectivity index (χ0) is 22.7. The standard InChI is InChI=1S/C22H22ClF2N3O2S/c1-12(2)9-10-28-21(30)15-8-7-14(23)11-18(15)26-22(28)31-13(3)20(29)27-19-16(24)5-4-6-17(19)25/h4-8,11-13H,9-10H2,1-3H3,(H,27,29). The van der Waals surface area contributed by atoms with E-state index < -0.39 is 28.5 Å². The lowest BCUT2D eigenvalue weighted by Gasteiger charge is -2.17. The molecule has 164 valence electrons. The van der Waals surface area contributed by atoms with Crippen LogP contribution in [0.15, 0.2) is 46.3 Å². The number of carbonyl (C=O) groups excluding carboxylic acids is 1. The summed E-state index contributed by atoms with van der Waals surface area (Å²) in [5.41, 5.74) is -0.304. The van der Waals surface area contributed by atoms with Crippen LogP contribution in [-0.4, -0.2) is 20.7 Å². The van der Waals surface area contributed by atoms with E-state index in [1.165, 1.54) is 10.6 Å². The van der Waals surface area contributed by atoms with E-state index in [0.29, 0.717) is 33.5 Å². The fourth-order valence-electron chi connectivity index (χ4n) is 2.90. The average molecular weight is 466 g/mol. The highest BCUT2D eigenvalue weighted by Gasteiger charge is 2.22. The summed E-state index contributed by atoms with van der Waals surface area (Å²) in [7, 11) is 0. The Kier molecular flexibility index (Phi) is 7.33. The summed E-state index contributed by atoms with van der Waals surface area (Å²) in [5.74, 6) is -1.98. The molecule has 5 nitrogen and oxygen atoms in total. The lowest BCUT2D eigenvalue weighted by molar-refractivity contribution is -0.115. The number of hydrogen-bond donors (Lipinski definition) is 1. The van der Waals surface area contributed by atoms with Crippen LogP contribution in [0.1, 0.15) is 27.2 Å². The maximum atomic E-state index is 13.9. The summed E-state index contributed by atoms with van der Waals surface area (Å²) in [6.45, 7) is 6.11. The number of carbonyl (C=O) groups is 1. The SMILES string of the molecule is CC(C)CCn1c(SC(C)C(=O)Nc2c(F)cccc2F)nc2cc(Cl)ccc2c1=O. The number of nitrogens with zero attached hydrogens (tertiary/aromatic N) is 2. The topological polar surface area (TPSA) is 64.0 Å². The zero-order valence-electron chi connectivity index (χ0n) is 17.3. The third kappa shape index (κ3) is 5.43. The highest BCUT2D eigenvalue weighted by molar-refractivity contribution is 8.00. The number of benzene rings is 2. The van der Waals surface area contributed by atoms with E-state index in [1.54, 1.807) is 25.1 Å². The molecule has 3 rings (SSSR count). The number of nitrogens with one attached hydrogen (secondary N) is 1. The Morgan fingerprint density at radius 2 is 1.87 bits per heavy atom. The van der Waals surface area contributed by atoms with E-state index in [1.807, 2.05) is 13.8 Å². The van der Waals surface area contributed by atoms with Crippen molar-refractivity contribution in [3.8, 4) is 0 Å². The minimum Gasteiger partial charge on any atom is -0.320 e. The van der Waals surface area contributed by atoms with Gasteiger partial charge in [-0.25, -0.2) is 13.8 Å². The monoisotopic (exact) mass is 465 g/mol. The third-order valence-corrected chi connectivity index (χ3v) is 6.00. The summed E-state index contributed by atoms with van der Waals surface area (Å²) in [5, 5.41) is 2.73. The molecule has 0 radical (unpaired) electrons. The van der Waals surface area contributed by atoms with Crippen LogP contribution < -0.4 is 10.9 Å². The Hall–Kier alpha value is -2.45. The van der Waals surface area contributed by atoms with Gasteiger partial charge in [0.1, 0.15) is 17.3 Å². The predicted octanol–water partition coefficient (Wildman–Crippen LogP) is 5.49. The highest BCUT2D eigenvalue weighted by atomic mass is 35.5. The summed E-state index contributed by atoms with van der Waals surface area (Å²) in [6.07, 6.45) is 0.745. The van der Waals surface area contributed by atoms with Gasteiger partial charge in [0.25, 0.3) is 5.56 Å². The highest BCUT2D eigenvalue weighted by Crippen LogP contribution is 2.26. The van der Waals surface area contributed by atoms with Crippen LogP contribution in [-0.2, 0) is 11.3 Å². The van der Waals surface area contributed by atoms with Crippen molar-refractivity contribution < 1.29 is 13.6 Å². The quantitative estimate of drug-likeness (QED) is 0.370. The van der Waals surface area contributed by atoms with Crippen LogP contribution in [0.2, 0.25) is 5.02 Å². The molecule has 0 spiro atoms. The van der Waals surface area contributed by atoms with Gasteiger partial charge in [-0.05, 0) is 49.6 Å². The second-order valence-corrected chi connectivity index (χ2v) is 9.29. The molecular formula is C22H22ClF2N3O2S. The second-order valence-electron chi connectivity index (χ2n) is 7.54. The number of para-hydroxylation sites is 1. The normalized spacial score (nSPS) is 12.4. The molecule has 3 aromatic rings. The fraction of sp³-hybridized carbons (Fsp3) is 0.318. The number of fused-ring (bicyclic) bond motifs is 1. The van der Waals surface area contributed by atoms with Gasteiger partial charge in [-0.15, -0.1) is 0 Å². The largest absolute Gasteiger partial charge is 0.320 e. The van der Waals surface area contributed by atoms with Crippen molar-refractivity contribution in [2.75, 3.05) is 5.32 Å². The predicted molar refractivity (Wildman–Crippen MR) is 121 cm³/mol. The van der Waals surface area contributed by atoms with E-state index in [0.717, 1.165) is 30.3 Å². The Morgan fingerprint density at radius 3 is 2.52 bits per heavy atom. The van der Waals surface area contributed by atoms with Crippen LogP contribution in [0, 0.1) is 17.6 Å². The number of hydrogen-bond acceptors (Lipinski definition) is 4. The van der Waals surface area contributed by atoms with Gasteiger partial charge in [0, 0.05) is 11.6 Å². The van der Waals surface area contributed by atoms with Crippen LogP contribution in [0.4, 0.5) is 14.5 Å². The Bertz CT molecular complexity index is 1160. The molecule has 0 aliphatic rings. The van der Waals surface area contributed by atoms with Crippen molar-refractivity contribution in [1.29, 1.82) is 0 Å². The van der Waals surface area contributed by atoms with Gasteiger partial charge in [0.05, 0.1) is 16.2 Å². The van der Waals surface area contributed by atoms with Crippen LogP contribution in [0.5, 0.6) is 0 Å². The van der Waals surface area contributed by atoms with Gasteiger partial charge < -0.3 is 5.32 Å². The number of rotatable bonds is 7. The molecule has 0 saturated carbocycles. The summed E-state index contributed by atoms with van der Waals surface area (Å²) in [6, 6.07) is 8.20. The molecule has 0 aliphatic carbocycles. The molecule has 1 atom stereocenters. The molecule has 0 fully saturated rings. The Morgan fingerprint density at radius 1 is 1.19 bits per heavy atom. The molecule has 1 amide bonds. The van der Waals surface area contributed by atoms with Crippen molar-refractivity contribution in [2.45, 2.75) is 44.1 Å². The molecule has 0 aliphatic heterocycles. The van der Waals surface area contributed by atoms with E-state index >= 15 is 0 Å². The second kappa shape index (κ2) is 9.78. The molecule has 1 aromatic heterocycles. The molecule has 1 unspecified atom stereocenters. The van der Waals surface area contributed by atoms with Crippen molar-refractivity contribution >= 4 is 45.9 Å². The van der Waals surface area contributed by atoms with Gasteiger partial charge in [-0.2, -0.15) is 0 Å². The summed E-state index contributed by atoms with van der Waals surface area (Å²) < 4.78 is 29.3. The van der Waals surface area contributed by atoms with Crippen LogP contribution >= 0.6 is 23.4 Å². The minimum atomic E-state index is -0.863. The van der Waals surface area contributed by atoms with E-state index in [9.17, 15) is 18.4 Å². The first-order valence-electron chi connectivity index (χ1n) is 9.79. The summed E-state index contributed by atoms with van der Waals surface area (Å²) in [4.78, 5) is 30.2. The average Bonchev–Trinajstić information content (AvgIpc) is 2.70. The van der Waals surface area contributed by atoms with Crippen LogP contribution in [0.3, 0.4) is 0 Å². The number of thioether (sulfide) groups is 1. The van der Waals surface area contributed by atoms with Gasteiger partial charge in [-0.1, -0.05) is 43.3 Å². The third-order valence-electron chi connectivity index (χ3n) is 4.67. The molecular weight excluding hydrogens is 444 g/mol. The van der Waals surface area contributed by atoms with Crippen molar-refractivity contribution in [1.82, 2.24) is 9.55 Å². The van der Waals surface area contributed by atoms with Crippen molar-refractivity contribution in [2.24, 2.45) is 5.92 Å². The van der Waals surface area contributed by atoms with Gasteiger partial charge >= 0.3 is 0 Å². The molecule has 9 heteroatoms. The zero-order valence-corrected chi connectivity index (χ0v) is 18.9. The maximum Gasteiger partial charge on any atom is 0.262 e. The number of halogens is 3. The van der Waals surface area contributed by atoms with Gasteiger partial charge in [-0.3, -0.25) is 14.2 Å². The first kappa shape index (κ1) is 23.2. The number of aromatic nitrogens is 2. The lowest BCUT2D eigenvalue weighted by atomic mass is 10.1. The fourth-order valence-corrected chi connectivity index (χ4v) is 4.00. The Balaban J connectivity index is 1.93. The number of anilines is 1. The molecule has 2 aromatic carbocycles. The molecule has 0 bridgehead atoms. The van der Waals surface area contributed by atoms with E-state index in [2.05, 4.69) is 10.3 Å². The molecule has 0 saturated heterocycles.